The molecule has 2 heterocycles. The number of benzene rings is 1. The minimum absolute atomic E-state index is 0.169. The van der Waals surface area contributed by atoms with E-state index in [9.17, 15) is 4.79 Å². The number of thiophene rings is 1. The fraction of sp³-hybridized carbons (Fsp3) is 0.235. The smallest absolute Gasteiger partial charge is 0.260 e. The van der Waals surface area contributed by atoms with Crippen LogP contribution in [0.15, 0.2) is 41.8 Å². The van der Waals surface area contributed by atoms with Crippen molar-refractivity contribution in [2.75, 3.05) is 0 Å². The van der Waals surface area contributed by atoms with Crippen LogP contribution in [0, 0.1) is 13.8 Å². The first kappa shape index (κ1) is 15.4. The molecule has 1 amide bonds. The van der Waals surface area contributed by atoms with Crippen molar-refractivity contribution >= 4 is 34.0 Å². The van der Waals surface area contributed by atoms with Crippen LogP contribution in [0.3, 0.4) is 0 Å². The molecule has 3 aromatic rings. The van der Waals surface area contributed by atoms with Gasteiger partial charge in [0.15, 0.2) is 0 Å². The van der Waals surface area contributed by atoms with E-state index in [2.05, 4.69) is 35.4 Å². The lowest BCUT2D eigenvalue weighted by Crippen LogP contribution is -2.24. The van der Waals surface area contributed by atoms with Gasteiger partial charge in [-0.1, -0.05) is 12.1 Å². The first-order chi connectivity index (χ1) is 11.0. The lowest BCUT2D eigenvalue weighted by molar-refractivity contribution is -0.121. The molecule has 3 rings (SSSR count). The number of hydrogen-bond acceptors (Lipinski definition) is 4. The predicted octanol–water partition coefficient (Wildman–Crippen LogP) is 3.26. The van der Waals surface area contributed by atoms with Gasteiger partial charge in [-0.15, -0.1) is 11.3 Å². The summed E-state index contributed by atoms with van der Waals surface area (Å²) < 4.78 is 1.81. The van der Waals surface area contributed by atoms with E-state index in [1.807, 2.05) is 35.8 Å². The topological polar surface area (TPSA) is 59.3 Å². The van der Waals surface area contributed by atoms with Crippen LogP contribution < -0.4 is 5.43 Å². The number of hydrogen-bond donors (Lipinski definition) is 1. The zero-order chi connectivity index (χ0) is 16.4. The number of imidazole rings is 1. The number of aromatic nitrogens is 2. The van der Waals surface area contributed by atoms with Crippen LogP contribution in [0.25, 0.3) is 11.0 Å². The summed E-state index contributed by atoms with van der Waals surface area (Å²) in [6, 6.07) is 9.82. The van der Waals surface area contributed by atoms with Gasteiger partial charge in [0.1, 0.15) is 6.54 Å². The Labute approximate surface area is 138 Å². The van der Waals surface area contributed by atoms with E-state index in [0.717, 1.165) is 22.3 Å². The van der Waals surface area contributed by atoms with Gasteiger partial charge in [0.05, 0.1) is 23.1 Å². The standard InChI is InChI=1S/C17H18N4OS/c1-11-8-14(13(3)23-11)12(2)19-20-17(22)9-21-10-18-15-6-4-5-7-16(15)21/h4-8,10H,9H2,1-3H3,(H,20,22). The van der Waals surface area contributed by atoms with Gasteiger partial charge >= 0.3 is 0 Å². The summed E-state index contributed by atoms with van der Waals surface area (Å²) in [5, 5.41) is 4.22. The Morgan fingerprint density at radius 1 is 1.35 bits per heavy atom. The molecule has 0 spiro atoms. The van der Waals surface area contributed by atoms with Gasteiger partial charge in [0.2, 0.25) is 0 Å². The maximum Gasteiger partial charge on any atom is 0.260 e. The minimum atomic E-state index is -0.169. The van der Waals surface area contributed by atoms with Crippen LogP contribution in [0.5, 0.6) is 0 Å². The third-order valence-corrected chi connectivity index (χ3v) is 4.59. The van der Waals surface area contributed by atoms with Crippen LogP contribution in [-0.2, 0) is 11.3 Å². The Kier molecular flexibility index (Phi) is 4.25. The SMILES string of the molecule is CC(=NNC(=O)Cn1cnc2ccccc21)c1cc(C)sc1C. The van der Waals surface area contributed by atoms with E-state index in [1.165, 1.54) is 9.75 Å². The van der Waals surface area contributed by atoms with Gasteiger partial charge in [-0.25, -0.2) is 10.4 Å². The van der Waals surface area contributed by atoms with Crippen molar-refractivity contribution in [2.24, 2.45) is 5.10 Å². The van der Waals surface area contributed by atoms with E-state index in [1.54, 1.807) is 17.7 Å². The van der Waals surface area contributed by atoms with E-state index in [-0.39, 0.29) is 12.5 Å². The molecule has 0 saturated heterocycles. The average molecular weight is 326 g/mol. The predicted molar refractivity (Wildman–Crippen MR) is 93.9 cm³/mol. The summed E-state index contributed by atoms with van der Waals surface area (Å²) >= 11 is 1.73. The number of carbonyl (C=O) groups is 1. The number of fused-ring (bicyclic) bond motifs is 1. The number of nitrogens with zero attached hydrogens (tertiary/aromatic N) is 3. The summed E-state index contributed by atoms with van der Waals surface area (Å²) in [6.07, 6.45) is 1.67. The molecule has 1 aromatic carbocycles. The zero-order valence-corrected chi connectivity index (χ0v) is 14.1. The molecule has 118 valence electrons. The van der Waals surface area contributed by atoms with E-state index in [4.69, 9.17) is 0 Å². The average Bonchev–Trinajstić information content (AvgIpc) is 3.08. The number of amides is 1. The molecule has 0 unspecified atom stereocenters. The van der Waals surface area contributed by atoms with Crippen molar-refractivity contribution in [1.29, 1.82) is 0 Å². The highest BCUT2D eigenvalue weighted by Crippen LogP contribution is 2.21. The minimum Gasteiger partial charge on any atom is -0.321 e. The molecule has 5 nitrogen and oxygen atoms in total. The first-order valence-corrected chi connectivity index (χ1v) is 8.16. The van der Waals surface area contributed by atoms with E-state index < -0.39 is 0 Å². The molecule has 0 fully saturated rings. The van der Waals surface area contributed by atoms with Gasteiger partial charge in [0, 0.05) is 15.3 Å². The number of carbonyl (C=O) groups excluding carboxylic acids is 1. The molecule has 0 aliphatic carbocycles. The number of nitrogens with one attached hydrogen (secondary N) is 1. The van der Waals surface area contributed by atoms with Crippen molar-refractivity contribution in [3.05, 3.63) is 52.0 Å². The molecule has 0 radical (unpaired) electrons. The highest BCUT2D eigenvalue weighted by Gasteiger charge is 2.08. The van der Waals surface area contributed by atoms with E-state index >= 15 is 0 Å². The summed E-state index contributed by atoms with van der Waals surface area (Å²) in [7, 11) is 0. The Hall–Kier alpha value is -2.47. The lowest BCUT2D eigenvalue weighted by atomic mass is 10.2. The highest BCUT2D eigenvalue weighted by molar-refractivity contribution is 7.12. The van der Waals surface area contributed by atoms with E-state index in [0.29, 0.717) is 0 Å². The monoisotopic (exact) mass is 326 g/mol. The summed E-state index contributed by atoms with van der Waals surface area (Å²) in [5.74, 6) is -0.169. The van der Waals surface area contributed by atoms with Gasteiger partial charge in [-0.3, -0.25) is 4.79 Å². The number of aryl methyl sites for hydroxylation is 2. The van der Waals surface area contributed by atoms with Crippen molar-refractivity contribution in [2.45, 2.75) is 27.3 Å². The Morgan fingerprint density at radius 2 is 2.13 bits per heavy atom. The molecular formula is C17H18N4OS. The maximum absolute atomic E-state index is 12.1. The fourth-order valence-corrected chi connectivity index (χ4v) is 3.50. The third kappa shape index (κ3) is 3.32. The molecule has 0 atom stereocenters. The Balaban J connectivity index is 1.70. The molecular weight excluding hydrogens is 308 g/mol. The highest BCUT2D eigenvalue weighted by atomic mass is 32.1. The second kappa shape index (κ2) is 6.34. The largest absolute Gasteiger partial charge is 0.321 e. The molecule has 1 N–H and O–H groups in total. The van der Waals surface area contributed by atoms with Crippen LogP contribution in [0.1, 0.15) is 22.2 Å². The molecule has 0 bridgehead atoms. The van der Waals surface area contributed by atoms with Crippen molar-refractivity contribution in [3.63, 3.8) is 0 Å². The van der Waals surface area contributed by atoms with Crippen LogP contribution in [0.4, 0.5) is 0 Å². The van der Waals surface area contributed by atoms with Gasteiger partial charge in [-0.2, -0.15) is 5.10 Å². The van der Waals surface area contributed by atoms with Crippen LogP contribution in [0.2, 0.25) is 0 Å². The summed E-state index contributed by atoms with van der Waals surface area (Å²) in [4.78, 5) is 18.8. The zero-order valence-electron chi connectivity index (χ0n) is 13.3. The molecule has 6 heteroatoms. The van der Waals surface area contributed by atoms with Gasteiger partial charge < -0.3 is 4.57 Å². The van der Waals surface area contributed by atoms with Crippen molar-refractivity contribution in [1.82, 2.24) is 15.0 Å². The van der Waals surface area contributed by atoms with Gasteiger partial charge in [0.25, 0.3) is 5.91 Å². The summed E-state index contributed by atoms with van der Waals surface area (Å²) in [6.45, 7) is 6.23. The number of para-hydroxylation sites is 2. The number of hydrazone groups is 1. The third-order valence-electron chi connectivity index (χ3n) is 3.62. The quantitative estimate of drug-likeness (QED) is 0.591. The molecule has 23 heavy (non-hydrogen) atoms. The molecule has 0 saturated carbocycles. The normalized spacial score (nSPS) is 11.9. The van der Waals surface area contributed by atoms with Crippen LogP contribution in [-0.4, -0.2) is 21.2 Å². The molecule has 0 aliphatic heterocycles. The second-order valence-corrected chi connectivity index (χ2v) is 6.88. The fourth-order valence-electron chi connectivity index (χ4n) is 2.52. The van der Waals surface area contributed by atoms with Gasteiger partial charge in [-0.05, 0) is 39.0 Å². The molecule has 2 aromatic heterocycles. The first-order valence-electron chi connectivity index (χ1n) is 7.35. The number of rotatable bonds is 4. The maximum atomic E-state index is 12.1. The molecule has 0 aliphatic rings. The van der Waals surface area contributed by atoms with Crippen molar-refractivity contribution < 1.29 is 4.79 Å². The Bertz CT molecular complexity index is 891. The second-order valence-electron chi connectivity index (χ2n) is 5.42. The van der Waals surface area contributed by atoms with Crippen LogP contribution >= 0.6 is 11.3 Å². The van der Waals surface area contributed by atoms with Crippen molar-refractivity contribution in [3.8, 4) is 0 Å². The summed E-state index contributed by atoms with van der Waals surface area (Å²) in [5.41, 5.74) is 6.34. The lowest BCUT2D eigenvalue weighted by Gasteiger charge is -2.04. The Morgan fingerprint density at radius 3 is 2.87 bits per heavy atom.